The van der Waals surface area contributed by atoms with Crippen molar-refractivity contribution in [1.82, 2.24) is 19.8 Å². The summed E-state index contributed by atoms with van der Waals surface area (Å²) in [6.07, 6.45) is 6.80. The van der Waals surface area contributed by atoms with Crippen molar-refractivity contribution in [3.63, 3.8) is 0 Å². The van der Waals surface area contributed by atoms with E-state index in [1.54, 1.807) is 30.4 Å². The maximum Gasteiger partial charge on any atom is 0.247 e. The van der Waals surface area contributed by atoms with Gasteiger partial charge in [-0.25, -0.2) is 19.4 Å². The molecule has 1 amide bonds. The monoisotopic (exact) mass is 630 g/mol. The van der Waals surface area contributed by atoms with Gasteiger partial charge < -0.3 is 25.2 Å². The van der Waals surface area contributed by atoms with E-state index in [1.165, 1.54) is 31.0 Å². The number of carbonyl (C=O) groups excluding carboxylic acids is 1. The van der Waals surface area contributed by atoms with Crippen molar-refractivity contribution in [2.45, 2.75) is 43.8 Å². The fourth-order valence-electron chi connectivity index (χ4n) is 6.73. The van der Waals surface area contributed by atoms with Crippen molar-refractivity contribution in [3.8, 4) is 5.75 Å². The van der Waals surface area contributed by atoms with Crippen LogP contribution in [0.3, 0.4) is 0 Å². The van der Waals surface area contributed by atoms with Crippen LogP contribution in [0.1, 0.15) is 37.3 Å². The van der Waals surface area contributed by atoms with E-state index in [-0.39, 0.29) is 17.8 Å². The third kappa shape index (κ3) is 6.93. The van der Waals surface area contributed by atoms with E-state index in [2.05, 4.69) is 56.0 Å². The number of piperidine rings is 1. The lowest BCUT2D eigenvalue weighted by atomic mass is 10.0. The number of likely N-dealkylation sites (N-methyl/N-ethyl adjacent to an activating group) is 1. The number of anilines is 5. The van der Waals surface area contributed by atoms with Crippen LogP contribution in [-0.2, 0) is 9.63 Å². The molecule has 12 heteroatoms. The van der Waals surface area contributed by atoms with Gasteiger partial charge in [-0.05, 0) is 63.2 Å². The molecule has 2 atom stereocenters. The van der Waals surface area contributed by atoms with E-state index >= 15 is 0 Å². The number of likely N-dealkylation sites (tertiary alicyclic amines) is 1. The Labute approximate surface area is 269 Å². The number of aromatic nitrogens is 2. The summed E-state index contributed by atoms with van der Waals surface area (Å²) in [6.45, 7) is 8.18. The number of carbonyl (C=O) groups is 1. The Bertz CT molecular complexity index is 1530. The molecule has 0 radical (unpaired) electrons. The highest BCUT2D eigenvalue weighted by molar-refractivity contribution is 6.02. The highest BCUT2D eigenvalue weighted by Gasteiger charge is 2.33. The summed E-state index contributed by atoms with van der Waals surface area (Å²) in [5.74, 6) is 1.13. The molecule has 3 aliphatic heterocycles. The van der Waals surface area contributed by atoms with E-state index in [9.17, 15) is 9.18 Å². The first-order chi connectivity index (χ1) is 22.3. The van der Waals surface area contributed by atoms with Crippen LogP contribution in [-0.4, -0.2) is 91.7 Å². The lowest BCUT2D eigenvalue weighted by Gasteiger charge is -2.39. The van der Waals surface area contributed by atoms with Gasteiger partial charge in [-0.1, -0.05) is 18.7 Å². The molecule has 0 unspecified atom stereocenters. The third-order valence-electron chi connectivity index (χ3n) is 9.31. The Morgan fingerprint density at radius 2 is 1.85 bits per heavy atom. The number of hydrogen-bond acceptors (Lipinski definition) is 10. The zero-order valence-electron chi connectivity index (χ0n) is 26.8. The van der Waals surface area contributed by atoms with Crippen LogP contribution in [0.25, 0.3) is 0 Å². The van der Waals surface area contributed by atoms with Gasteiger partial charge in [0, 0.05) is 56.8 Å². The number of halogens is 1. The molecule has 3 saturated heterocycles. The maximum atomic E-state index is 13.6. The highest BCUT2D eigenvalue weighted by atomic mass is 19.1. The first-order valence-corrected chi connectivity index (χ1v) is 15.9. The van der Waals surface area contributed by atoms with Gasteiger partial charge in [0.2, 0.25) is 5.91 Å². The zero-order chi connectivity index (χ0) is 32.2. The van der Waals surface area contributed by atoms with E-state index < -0.39 is 0 Å². The minimum Gasteiger partial charge on any atom is -0.494 e. The Morgan fingerprint density at radius 1 is 1.07 bits per heavy atom. The topological polar surface area (TPSA) is 98.3 Å². The molecule has 4 heterocycles. The smallest absolute Gasteiger partial charge is 0.247 e. The van der Waals surface area contributed by atoms with Crippen LogP contribution < -0.4 is 25.3 Å². The van der Waals surface area contributed by atoms with Crippen molar-refractivity contribution < 1.29 is 18.8 Å². The van der Waals surface area contributed by atoms with E-state index in [4.69, 9.17) is 9.57 Å². The van der Waals surface area contributed by atoms with E-state index in [1.807, 2.05) is 12.1 Å². The molecule has 3 fully saturated rings. The molecule has 3 aromatic rings. The van der Waals surface area contributed by atoms with Crippen molar-refractivity contribution in [3.05, 3.63) is 72.8 Å². The number of nitrogens with zero attached hydrogens (tertiary/aromatic N) is 6. The van der Waals surface area contributed by atoms with Crippen molar-refractivity contribution >= 4 is 34.6 Å². The number of hydroxylamine groups is 1. The largest absolute Gasteiger partial charge is 0.494 e. The second-order valence-electron chi connectivity index (χ2n) is 12.3. The Balaban J connectivity index is 1.21. The predicted octanol–water partition coefficient (Wildman–Crippen LogP) is 4.98. The summed E-state index contributed by atoms with van der Waals surface area (Å²) >= 11 is 0. The lowest BCUT2D eigenvalue weighted by Crippen LogP contribution is -2.45. The zero-order valence-corrected chi connectivity index (χ0v) is 26.8. The summed E-state index contributed by atoms with van der Waals surface area (Å²) in [7, 11) is 5.96. The molecule has 1 aromatic heterocycles. The molecule has 46 heavy (non-hydrogen) atoms. The maximum absolute atomic E-state index is 13.6. The Morgan fingerprint density at radius 3 is 2.54 bits per heavy atom. The number of benzene rings is 2. The van der Waals surface area contributed by atoms with Crippen LogP contribution in [0, 0.1) is 5.82 Å². The Kier molecular flexibility index (Phi) is 9.67. The second kappa shape index (κ2) is 14.0. The molecule has 244 valence electrons. The molecule has 2 aromatic carbocycles. The average Bonchev–Trinajstić information content (AvgIpc) is 3.77. The summed E-state index contributed by atoms with van der Waals surface area (Å²) in [6, 6.07) is 13.1. The minimum absolute atomic E-state index is 0.109. The molecule has 0 bridgehead atoms. The van der Waals surface area contributed by atoms with Crippen LogP contribution in [0.2, 0.25) is 0 Å². The predicted molar refractivity (Wildman–Crippen MR) is 178 cm³/mol. The van der Waals surface area contributed by atoms with Crippen molar-refractivity contribution in [2.75, 3.05) is 74.6 Å². The van der Waals surface area contributed by atoms with Crippen LogP contribution in [0.15, 0.2) is 61.4 Å². The second-order valence-corrected chi connectivity index (χ2v) is 12.3. The summed E-state index contributed by atoms with van der Waals surface area (Å²) in [5, 5.41) is 8.10. The molecular weight excluding hydrogens is 587 g/mol. The van der Waals surface area contributed by atoms with Crippen LogP contribution in [0.4, 0.5) is 33.1 Å². The SMILES string of the molecule is C=CC(=O)Nc1cc(Nc2cc(N3OCC[C@@H]3c3ccc(F)cc3)ncn2)c(OC)cc1N1CCC(N2CC[C@H](N(C)C)C2)CC1. The number of nitrogens with one attached hydrogen (secondary N) is 2. The van der Waals surface area contributed by atoms with E-state index in [0.717, 1.165) is 56.7 Å². The molecule has 6 rings (SSSR count). The number of methoxy groups -OCH3 is 1. The average molecular weight is 631 g/mol. The molecule has 0 saturated carbocycles. The van der Waals surface area contributed by atoms with Gasteiger partial charge in [-0.2, -0.15) is 0 Å². The van der Waals surface area contributed by atoms with E-state index in [0.29, 0.717) is 47.5 Å². The van der Waals surface area contributed by atoms with Gasteiger partial charge in [0.05, 0.1) is 36.8 Å². The standard InChI is InChI=1S/C34H43FN8O3/c1-5-34(44)39-27-18-28(31(45-4)19-30(27)41-14-10-25(11-15-41)42-16-12-26(21-42)40(2)3)38-32-20-33(37-22-36-32)43-29(13-17-46-43)23-6-8-24(35)9-7-23/h5-9,18-20,22,25-26,29H,1,10-17,21H2,2-4H3,(H,39,44)(H,36,37,38)/t26-,29+/m0/s1. The first kappa shape index (κ1) is 31.7. The van der Waals surface area contributed by atoms with Gasteiger partial charge in [-0.15, -0.1) is 0 Å². The first-order valence-electron chi connectivity index (χ1n) is 15.9. The minimum atomic E-state index is -0.290. The summed E-state index contributed by atoms with van der Waals surface area (Å²) in [5.41, 5.74) is 3.14. The number of hydrogen-bond donors (Lipinski definition) is 2. The number of rotatable bonds is 10. The van der Waals surface area contributed by atoms with Gasteiger partial charge in [0.15, 0.2) is 5.82 Å². The highest BCUT2D eigenvalue weighted by Crippen LogP contribution is 2.41. The number of amides is 1. The summed E-state index contributed by atoms with van der Waals surface area (Å²) in [4.78, 5) is 34.7. The molecular formula is C34H43FN8O3. The van der Waals surface area contributed by atoms with Crippen LogP contribution >= 0.6 is 0 Å². The van der Waals surface area contributed by atoms with Gasteiger partial charge in [0.25, 0.3) is 0 Å². The van der Waals surface area contributed by atoms with Crippen LogP contribution in [0.5, 0.6) is 5.75 Å². The molecule has 0 spiro atoms. The molecule has 0 aliphatic carbocycles. The van der Waals surface area contributed by atoms with Gasteiger partial charge >= 0.3 is 0 Å². The quantitative estimate of drug-likeness (QED) is 0.299. The van der Waals surface area contributed by atoms with Crippen molar-refractivity contribution in [2.24, 2.45) is 0 Å². The summed E-state index contributed by atoms with van der Waals surface area (Å²) < 4.78 is 19.4. The van der Waals surface area contributed by atoms with Gasteiger partial charge in [0.1, 0.15) is 23.7 Å². The Hall–Kier alpha value is -4.26. The lowest BCUT2D eigenvalue weighted by molar-refractivity contribution is -0.111. The number of ether oxygens (including phenoxy) is 1. The molecule has 2 N–H and O–H groups in total. The molecule has 3 aliphatic rings. The normalized spacial score (nSPS) is 20.7. The third-order valence-corrected chi connectivity index (χ3v) is 9.31. The molecule has 11 nitrogen and oxygen atoms in total. The fourth-order valence-corrected chi connectivity index (χ4v) is 6.73. The van der Waals surface area contributed by atoms with Gasteiger partial charge in [-0.3, -0.25) is 14.5 Å². The fraction of sp³-hybridized carbons (Fsp3) is 0.441. The van der Waals surface area contributed by atoms with Crippen molar-refractivity contribution in [1.29, 1.82) is 0 Å².